The van der Waals surface area contributed by atoms with E-state index < -0.39 is 5.82 Å². The molecule has 6 heteroatoms. The average Bonchev–Trinajstić information content (AvgIpc) is 2.70. The summed E-state index contributed by atoms with van der Waals surface area (Å²) in [7, 11) is 0. The molecule has 2 rings (SSSR count). The standard InChI is InChI=1S/C13H11BrCl2FNS/c1-2-18-12(11-6-8(14)13(16)19-11)7-3-4-10(17)9(15)5-7/h3-6,12,18H,2H2,1H3. The Morgan fingerprint density at radius 2 is 2.11 bits per heavy atom. The van der Waals surface area contributed by atoms with Crippen molar-refractivity contribution in [2.45, 2.75) is 13.0 Å². The van der Waals surface area contributed by atoms with E-state index in [9.17, 15) is 4.39 Å². The van der Waals surface area contributed by atoms with Crippen molar-refractivity contribution < 1.29 is 4.39 Å². The third-order valence-corrected chi connectivity index (χ3v) is 5.46. The van der Waals surface area contributed by atoms with Gasteiger partial charge in [-0.1, -0.05) is 36.2 Å². The molecule has 0 aliphatic rings. The van der Waals surface area contributed by atoms with Gasteiger partial charge in [0.1, 0.15) is 10.2 Å². The van der Waals surface area contributed by atoms with Gasteiger partial charge in [0.05, 0.1) is 11.1 Å². The predicted octanol–water partition coefficient (Wildman–Crippen LogP) is 5.66. The quantitative estimate of drug-likeness (QED) is 0.719. The van der Waals surface area contributed by atoms with Gasteiger partial charge in [-0.05, 0) is 46.2 Å². The van der Waals surface area contributed by atoms with E-state index in [1.165, 1.54) is 17.4 Å². The second-order valence-corrected chi connectivity index (χ2v) is 6.88. The molecule has 1 aromatic heterocycles. The van der Waals surface area contributed by atoms with Gasteiger partial charge in [-0.3, -0.25) is 0 Å². The highest BCUT2D eigenvalue weighted by molar-refractivity contribution is 9.10. The first-order valence-electron chi connectivity index (χ1n) is 5.66. The van der Waals surface area contributed by atoms with Gasteiger partial charge in [-0.25, -0.2) is 4.39 Å². The van der Waals surface area contributed by atoms with Crippen LogP contribution in [-0.2, 0) is 0 Å². The number of halogens is 4. The molecule has 102 valence electrons. The van der Waals surface area contributed by atoms with E-state index in [2.05, 4.69) is 21.2 Å². The van der Waals surface area contributed by atoms with E-state index in [4.69, 9.17) is 23.2 Å². The number of thiophene rings is 1. The lowest BCUT2D eigenvalue weighted by Crippen LogP contribution is -2.21. The Labute approximate surface area is 133 Å². The van der Waals surface area contributed by atoms with Gasteiger partial charge in [0.25, 0.3) is 0 Å². The smallest absolute Gasteiger partial charge is 0.141 e. The number of benzene rings is 1. The third-order valence-electron chi connectivity index (χ3n) is 2.63. The maximum Gasteiger partial charge on any atom is 0.141 e. The van der Waals surface area contributed by atoms with Crippen molar-refractivity contribution >= 4 is 50.5 Å². The Morgan fingerprint density at radius 1 is 1.37 bits per heavy atom. The molecule has 0 saturated carbocycles. The Bertz CT molecular complexity index is 569. The predicted molar refractivity (Wildman–Crippen MR) is 84.0 cm³/mol. The topological polar surface area (TPSA) is 12.0 Å². The zero-order chi connectivity index (χ0) is 14.0. The van der Waals surface area contributed by atoms with E-state index >= 15 is 0 Å². The Hall–Kier alpha value is -0.130. The summed E-state index contributed by atoms with van der Waals surface area (Å²) < 4.78 is 14.8. The summed E-state index contributed by atoms with van der Waals surface area (Å²) in [5.74, 6) is -0.411. The van der Waals surface area contributed by atoms with Gasteiger partial charge < -0.3 is 5.32 Å². The van der Waals surface area contributed by atoms with Crippen LogP contribution in [0.3, 0.4) is 0 Å². The zero-order valence-corrected chi connectivity index (χ0v) is 13.9. The number of rotatable bonds is 4. The van der Waals surface area contributed by atoms with Crippen LogP contribution in [0.2, 0.25) is 9.36 Å². The summed E-state index contributed by atoms with van der Waals surface area (Å²) >= 11 is 16.8. The highest BCUT2D eigenvalue weighted by Crippen LogP contribution is 2.37. The number of hydrogen-bond acceptors (Lipinski definition) is 2. The van der Waals surface area contributed by atoms with Gasteiger partial charge in [0, 0.05) is 9.35 Å². The number of hydrogen-bond donors (Lipinski definition) is 1. The van der Waals surface area contributed by atoms with Crippen molar-refractivity contribution in [2.75, 3.05) is 6.54 Å². The van der Waals surface area contributed by atoms with Gasteiger partial charge in [-0.15, -0.1) is 11.3 Å². The monoisotopic (exact) mass is 381 g/mol. The van der Waals surface area contributed by atoms with Gasteiger partial charge in [-0.2, -0.15) is 0 Å². The molecule has 19 heavy (non-hydrogen) atoms. The highest BCUT2D eigenvalue weighted by atomic mass is 79.9. The van der Waals surface area contributed by atoms with Crippen LogP contribution in [0.4, 0.5) is 4.39 Å². The van der Waals surface area contributed by atoms with Crippen LogP contribution in [0.1, 0.15) is 23.4 Å². The van der Waals surface area contributed by atoms with Gasteiger partial charge in [0.15, 0.2) is 0 Å². The minimum Gasteiger partial charge on any atom is -0.306 e. The van der Waals surface area contributed by atoms with Crippen LogP contribution < -0.4 is 5.32 Å². The maximum absolute atomic E-state index is 13.2. The molecule has 0 bridgehead atoms. The van der Waals surface area contributed by atoms with E-state index in [0.717, 1.165) is 21.5 Å². The van der Waals surface area contributed by atoms with E-state index in [1.54, 1.807) is 12.1 Å². The number of nitrogens with one attached hydrogen (secondary N) is 1. The lowest BCUT2D eigenvalue weighted by atomic mass is 10.1. The van der Waals surface area contributed by atoms with Crippen LogP contribution in [0.15, 0.2) is 28.7 Å². The SMILES string of the molecule is CCNC(c1ccc(F)c(Cl)c1)c1cc(Br)c(Cl)s1. The van der Waals surface area contributed by atoms with Crippen LogP contribution >= 0.6 is 50.5 Å². The summed E-state index contributed by atoms with van der Waals surface area (Å²) in [5, 5.41) is 3.48. The molecule has 1 N–H and O–H groups in total. The fourth-order valence-electron chi connectivity index (χ4n) is 1.78. The van der Waals surface area contributed by atoms with Crippen LogP contribution in [0.5, 0.6) is 0 Å². The lowest BCUT2D eigenvalue weighted by Gasteiger charge is -2.17. The first-order chi connectivity index (χ1) is 9.02. The van der Waals surface area contributed by atoms with Crippen molar-refractivity contribution in [1.82, 2.24) is 5.32 Å². The normalized spacial score (nSPS) is 12.7. The highest BCUT2D eigenvalue weighted by Gasteiger charge is 2.18. The molecule has 0 spiro atoms. The van der Waals surface area contributed by atoms with Crippen LogP contribution in [-0.4, -0.2) is 6.54 Å². The van der Waals surface area contributed by atoms with Crippen LogP contribution in [0, 0.1) is 5.82 Å². The van der Waals surface area contributed by atoms with E-state index in [-0.39, 0.29) is 11.1 Å². The summed E-state index contributed by atoms with van der Waals surface area (Å²) in [6.45, 7) is 2.80. The van der Waals surface area contributed by atoms with Crippen molar-refractivity contribution in [3.05, 3.63) is 54.4 Å². The van der Waals surface area contributed by atoms with Crippen molar-refractivity contribution in [2.24, 2.45) is 0 Å². The summed E-state index contributed by atoms with van der Waals surface area (Å²) in [6, 6.07) is 6.68. The minimum atomic E-state index is -0.411. The Balaban J connectivity index is 2.41. The molecule has 1 nitrogen and oxygen atoms in total. The molecule has 0 saturated heterocycles. The van der Waals surface area contributed by atoms with Crippen LogP contribution in [0.25, 0.3) is 0 Å². The molecule has 1 unspecified atom stereocenters. The molecule has 0 aliphatic carbocycles. The second-order valence-electron chi connectivity index (χ2n) is 3.93. The van der Waals surface area contributed by atoms with Gasteiger partial charge >= 0.3 is 0 Å². The molecule has 0 amide bonds. The molecule has 1 aromatic carbocycles. The molecular weight excluding hydrogens is 372 g/mol. The molecular formula is C13H11BrCl2FNS. The summed E-state index contributed by atoms with van der Waals surface area (Å²) in [5.41, 5.74) is 0.915. The minimum absolute atomic E-state index is 0.0445. The average molecular weight is 383 g/mol. The second kappa shape index (κ2) is 6.55. The van der Waals surface area contributed by atoms with E-state index in [0.29, 0.717) is 4.34 Å². The fraction of sp³-hybridized carbons (Fsp3) is 0.231. The third kappa shape index (κ3) is 3.50. The largest absolute Gasteiger partial charge is 0.306 e. The Kier molecular flexibility index (Phi) is 5.26. The molecule has 1 heterocycles. The Morgan fingerprint density at radius 3 is 2.63 bits per heavy atom. The zero-order valence-electron chi connectivity index (χ0n) is 10.0. The summed E-state index contributed by atoms with van der Waals surface area (Å²) in [6.07, 6.45) is 0. The maximum atomic E-state index is 13.2. The lowest BCUT2D eigenvalue weighted by molar-refractivity contribution is 0.617. The van der Waals surface area contributed by atoms with Crippen molar-refractivity contribution in [3.8, 4) is 0 Å². The van der Waals surface area contributed by atoms with Crippen molar-refractivity contribution in [1.29, 1.82) is 0 Å². The van der Waals surface area contributed by atoms with E-state index in [1.807, 2.05) is 13.0 Å². The molecule has 0 aliphatic heterocycles. The molecule has 1 atom stereocenters. The molecule has 0 radical (unpaired) electrons. The summed E-state index contributed by atoms with van der Waals surface area (Å²) in [4.78, 5) is 1.06. The first-order valence-corrected chi connectivity index (χ1v) is 8.02. The fourth-order valence-corrected chi connectivity index (χ4v) is 3.81. The molecule has 2 aromatic rings. The van der Waals surface area contributed by atoms with Gasteiger partial charge in [0.2, 0.25) is 0 Å². The first kappa shape index (κ1) is 15.3. The molecule has 0 fully saturated rings. The van der Waals surface area contributed by atoms with Crippen molar-refractivity contribution in [3.63, 3.8) is 0 Å².